The van der Waals surface area contributed by atoms with E-state index in [0.29, 0.717) is 5.75 Å². The highest BCUT2D eigenvalue weighted by Gasteiger charge is 2.36. The van der Waals surface area contributed by atoms with E-state index in [1.165, 1.54) is 6.08 Å². The Labute approximate surface area is 112 Å². The van der Waals surface area contributed by atoms with Gasteiger partial charge in [0.2, 0.25) is 5.69 Å². The van der Waals surface area contributed by atoms with E-state index in [4.69, 9.17) is 4.74 Å². The van der Waals surface area contributed by atoms with Gasteiger partial charge in [0.05, 0.1) is 0 Å². The number of benzene rings is 1. The lowest BCUT2D eigenvalue weighted by molar-refractivity contribution is -0.382. The summed E-state index contributed by atoms with van der Waals surface area (Å²) in [7, 11) is 0. The van der Waals surface area contributed by atoms with Crippen LogP contribution in [-0.4, -0.2) is 32.1 Å². The maximum absolute atomic E-state index is 10.9. The van der Waals surface area contributed by atoms with Crippen LogP contribution >= 0.6 is 0 Å². The highest BCUT2D eigenvalue weighted by atomic mass is 16.8. The summed E-state index contributed by atoms with van der Waals surface area (Å²) < 4.78 is 10.0. The second kappa shape index (κ2) is 4.67. The summed E-state index contributed by atoms with van der Waals surface area (Å²) in [4.78, 5) is -0.719. The summed E-state index contributed by atoms with van der Waals surface area (Å²) in [5.41, 5.74) is -0.525. The molecule has 1 atom stereocenters. The Bertz CT molecular complexity index is 688. The molecule has 0 saturated heterocycles. The van der Waals surface area contributed by atoms with Crippen molar-refractivity contribution < 1.29 is 19.4 Å². The van der Waals surface area contributed by atoms with Crippen LogP contribution in [0, 0.1) is 10.4 Å². The number of hydrogen-bond donors (Lipinski definition) is 1. The van der Waals surface area contributed by atoms with Gasteiger partial charge >= 0.3 is 0 Å². The molecule has 0 spiro atoms. The first-order chi connectivity index (χ1) is 9.66. The average molecular weight is 274 g/mol. The molecule has 20 heavy (non-hydrogen) atoms. The van der Waals surface area contributed by atoms with Gasteiger partial charge in [-0.15, -0.1) is 0 Å². The summed E-state index contributed by atoms with van der Waals surface area (Å²) in [5, 5.41) is 38.7. The van der Waals surface area contributed by atoms with Gasteiger partial charge in [0.25, 0.3) is 5.71 Å². The molecule has 1 aliphatic carbocycles. The minimum atomic E-state index is -1.44. The lowest BCUT2D eigenvalue weighted by atomic mass is 10.0. The Hall–Kier alpha value is -2.87. The number of hydrogen-bond acceptors (Lipinski definition) is 7. The number of aromatic nitrogens is 2. The third-order valence-corrected chi connectivity index (χ3v) is 2.72. The normalized spacial score (nSPS) is 17.4. The van der Waals surface area contributed by atoms with Crippen molar-refractivity contribution in [3.8, 4) is 5.75 Å². The molecular formula is C12H8N3O5-. The van der Waals surface area contributed by atoms with E-state index in [2.05, 4.69) is 14.9 Å². The highest BCUT2D eigenvalue weighted by molar-refractivity contribution is 6.05. The molecule has 0 radical (unpaired) electrons. The largest absolute Gasteiger partial charge is 0.612 e. The van der Waals surface area contributed by atoms with Gasteiger partial charge in [0, 0.05) is 6.08 Å². The molecule has 102 valence electrons. The van der Waals surface area contributed by atoms with Crippen molar-refractivity contribution in [2.24, 2.45) is 0 Å². The fraction of sp³-hybridized carbons (Fsp3) is 0.0833. The number of aliphatic hydroxyl groups is 1. The molecule has 8 heteroatoms. The smallest absolute Gasteiger partial charge is 0.263 e. The fourth-order valence-corrected chi connectivity index (χ4v) is 1.85. The predicted octanol–water partition coefficient (Wildman–Crippen LogP) is 0.661. The van der Waals surface area contributed by atoms with Crippen molar-refractivity contribution in [2.45, 2.75) is 6.10 Å². The van der Waals surface area contributed by atoms with Crippen molar-refractivity contribution in [3.05, 3.63) is 58.2 Å². The first-order valence-electron chi connectivity index (χ1n) is 5.64. The molecule has 0 bridgehead atoms. The highest BCUT2D eigenvalue weighted by Crippen LogP contribution is 2.27. The summed E-state index contributed by atoms with van der Waals surface area (Å²) in [6.07, 6.45) is -0.249. The standard InChI is InChI=1S/C12H8N3O5/c16-8-6-9(19-7-4-2-1-3-5-7)10-11(14-20-13-10)12(8)15(17)18/h1-6,8,16H/q-1. The maximum Gasteiger partial charge on any atom is 0.263 e. The Morgan fingerprint density at radius 1 is 1.15 bits per heavy atom. The Balaban J connectivity index is 2.02. The monoisotopic (exact) mass is 274 g/mol. The number of fused-ring (bicyclic) bond motifs is 1. The third kappa shape index (κ3) is 1.97. The number of ether oxygens (including phenoxy) is 1. The van der Waals surface area contributed by atoms with Crippen molar-refractivity contribution in [1.82, 2.24) is 10.3 Å². The molecule has 1 aromatic heterocycles. The van der Waals surface area contributed by atoms with Gasteiger partial charge in [0.1, 0.15) is 5.75 Å². The molecule has 1 heterocycles. The second-order valence-corrected chi connectivity index (χ2v) is 3.99. The van der Waals surface area contributed by atoms with E-state index in [9.17, 15) is 15.5 Å². The number of rotatable bonds is 2. The van der Waals surface area contributed by atoms with E-state index >= 15 is 0 Å². The number of aliphatic hydroxyl groups excluding tert-OH is 1. The Morgan fingerprint density at radius 2 is 1.85 bits per heavy atom. The van der Waals surface area contributed by atoms with Crippen LogP contribution in [0.3, 0.4) is 0 Å². The fourth-order valence-electron chi connectivity index (χ4n) is 1.85. The summed E-state index contributed by atoms with van der Waals surface area (Å²) in [6, 6.07) is 8.76. The zero-order valence-corrected chi connectivity index (χ0v) is 9.96. The van der Waals surface area contributed by atoms with Crippen LogP contribution in [0.25, 0.3) is 5.76 Å². The first-order valence-corrected chi connectivity index (χ1v) is 5.64. The van der Waals surface area contributed by atoms with E-state index < -0.39 is 16.7 Å². The Kier molecular flexibility index (Phi) is 2.84. The molecule has 1 aromatic carbocycles. The average Bonchev–Trinajstić information content (AvgIpc) is 2.88. The molecule has 0 amide bonds. The van der Waals surface area contributed by atoms with Crippen LogP contribution in [0.4, 0.5) is 0 Å². The molecule has 0 fully saturated rings. The maximum atomic E-state index is 10.9. The molecule has 1 unspecified atom stereocenters. The van der Waals surface area contributed by atoms with E-state index in [-0.39, 0.29) is 17.1 Å². The van der Waals surface area contributed by atoms with Crippen LogP contribution in [0.15, 0.2) is 41.0 Å². The quantitative estimate of drug-likeness (QED) is 0.631. The van der Waals surface area contributed by atoms with Crippen LogP contribution in [0.2, 0.25) is 0 Å². The van der Waals surface area contributed by atoms with Gasteiger partial charge < -0.3 is 20.3 Å². The summed E-state index contributed by atoms with van der Waals surface area (Å²) >= 11 is 0. The minimum absolute atomic E-state index is 0.0888. The van der Waals surface area contributed by atoms with Crippen LogP contribution in [0.1, 0.15) is 11.4 Å². The molecule has 1 aliphatic rings. The van der Waals surface area contributed by atoms with Crippen molar-refractivity contribution in [3.63, 3.8) is 0 Å². The lowest BCUT2D eigenvalue weighted by Gasteiger charge is -2.18. The van der Waals surface area contributed by atoms with E-state index in [0.717, 1.165) is 0 Å². The van der Waals surface area contributed by atoms with E-state index in [1.54, 1.807) is 24.3 Å². The Morgan fingerprint density at radius 3 is 2.55 bits per heavy atom. The molecule has 1 N–H and O–H groups in total. The van der Waals surface area contributed by atoms with Crippen LogP contribution in [-0.2, 0) is 0 Å². The topological polar surface area (TPSA) is 118 Å². The van der Waals surface area contributed by atoms with Gasteiger partial charge in [-0.1, -0.05) is 18.2 Å². The van der Waals surface area contributed by atoms with Crippen molar-refractivity contribution in [2.75, 3.05) is 0 Å². The number of nitrogens with zero attached hydrogens (tertiary/aromatic N) is 3. The molecule has 0 aliphatic heterocycles. The SMILES string of the molecule is [O-][N+]([O-])=C1c2nonc2C(Oc2ccccc2)=CC1O. The molecular weight excluding hydrogens is 266 g/mol. The van der Waals surface area contributed by atoms with Crippen molar-refractivity contribution in [1.29, 1.82) is 0 Å². The van der Waals surface area contributed by atoms with Crippen LogP contribution in [0.5, 0.6) is 5.75 Å². The van der Waals surface area contributed by atoms with Gasteiger partial charge in [-0.2, -0.15) is 4.90 Å². The van der Waals surface area contributed by atoms with Gasteiger partial charge in [0.15, 0.2) is 17.6 Å². The summed E-state index contributed by atoms with van der Waals surface area (Å²) in [6.45, 7) is 0. The molecule has 2 aromatic rings. The lowest BCUT2D eigenvalue weighted by Crippen LogP contribution is -2.31. The van der Waals surface area contributed by atoms with Crippen LogP contribution < -0.4 is 4.74 Å². The predicted molar refractivity (Wildman–Crippen MR) is 66.5 cm³/mol. The van der Waals surface area contributed by atoms with Gasteiger partial charge in [-0.25, -0.2) is 4.63 Å². The molecule has 0 saturated carbocycles. The van der Waals surface area contributed by atoms with Gasteiger partial charge in [-0.3, -0.25) is 0 Å². The molecule has 8 nitrogen and oxygen atoms in total. The summed E-state index contributed by atoms with van der Waals surface area (Å²) in [5.74, 6) is 0.662. The first kappa shape index (κ1) is 12.2. The van der Waals surface area contributed by atoms with E-state index in [1.807, 2.05) is 6.07 Å². The third-order valence-electron chi connectivity index (χ3n) is 2.72. The zero-order valence-electron chi connectivity index (χ0n) is 9.96. The number of para-hydroxylation sites is 1. The van der Waals surface area contributed by atoms with Crippen molar-refractivity contribution >= 4 is 11.5 Å². The van der Waals surface area contributed by atoms with Gasteiger partial charge in [-0.05, 0) is 22.4 Å². The second-order valence-electron chi connectivity index (χ2n) is 3.99. The zero-order chi connectivity index (χ0) is 14.1. The molecule has 3 rings (SSSR count). The minimum Gasteiger partial charge on any atom is -0.612 e.